The molecule has 1 atom stereocenters. The maximum Gasteiger partial charge on any atom is 0.0643 e. The highest BCUT2D eigenvalue weighted by Crippen LogP contribution is 2.28. The topological polar surface area (TPSA) is 29.9 Å². The third-order valence-electron chi connectivity index (χ3n) is 3.29. The van der Waals surface area contributed by atoms with Crippen LogP contribution >= 0.6 is 27.5 Å². The number of rotatable bonds is 5. The maximum atomic E-state index is 6.33. The number of hydrogen-bond acceptors (Lipinski definition) is 2. The Bertz CT molecular complexity index is 580. The molecule has 0 aliphatic rings. The lowest BCUT2D eigenvalue weighted by Gasteiger charge is -2.17. The van der Waals surface area contributed by atoms with Crippen LogP contribution in [0.2, 0.25) is 5.02 Å². The minimum absolute atomic E-state index is 0.158. The van der Waals surface area contributed by atoms with E-state index in [2.05, 4.69) is 46.3 Å². The molecule has 108 valence electrons. The van der Waals surface area contributed by atoms with Crippen LogP contribution in [0.15, 0.2) is 34.9 Å². The van der Waals surface area contributed by atoms with E-state index in [-0.39, 0.29) is 6.04 Å². The molecule has 2 rings (SSSR count). The standard InChI is InChI=1S/C15H19BrClN3/c1-10(2)20-7-6-12(19-20)9-15(18-3)13-5-4-11(16)8-14(13)17/h4-8,10,15,18H,9H2,1-3H3. The van der Waals surface area contributed by atoms with Gasteiger partial charge in [-0.2, -0.15) is 5.10 Å². The zero-order valence-electron chi connectivity index (χ0n) is 11.9. The van der Waals surface area contributed by atoms with Gasteiger partial charge in [-0.05, 0) is 44.7 Å². The predicted molar refractivity (Wildman–Crippen MR) is 87.3 cm³/mol. The molecular formula is C15H19BrClN3. The summed E-state index contributed by atoms with van der Waals surface area (Å²) in [6.07, 6.45) is 2.84. The number of nitrogens with one attached hydrogen (secondary N) is 1. The average Bonchev–Trinajstić information content (AvgIpc) is 2.85. The number of likely N-dealkylation sites (N-methyl/N-ethyl adjacent to an activating group) is 1. The second-order valence-electron chi connectivity index (χ2n) is 5.09. The van der Waals surface area contributed by atoms with E-state index in [9.17, 15) is 0 Å². The summed E-state index contributed by atoms with van der Waals surface area (Å²) in [6.45, 7) is 4.25. The van der Waals surface area contributed by atoms with Gasteiger partial charge >= 0.3 is 0 Å². The van der Waals surface area contributed by atoms with Gasteiger partial charge in [-0.3, -0.25) is 4.68 Å². The molecular weight excluding hydrogens is 338 g/mol. The Kier molecular flexibility index (Phi) is 5.24. The van der Waals surface area contributed by atoms with E-state index in [0.29, 0.717) is 6.04 Å². The highest BCUT2D eigenvalue weighted by molar-refractivity contribution is 9.10. The molecule has 5 heteroatoms. The number of halogens is 2. The van der Waals surface area contributed by atoms with Crippen molar-refractivity contribution in [1.82, 2.24) is 15.1 Å². The fourth-order valence-corrected chi connectivity index (χ4v) is 2.94. The zero-order chi connectivity index (χ0) is 14.7. The van der Waals surface area contributed by atoms with E-state index in [1.165, 1.54) is 0 Å². The highest BCUT2D eigenvalue weighted by atomic mass is 79.9. The first-order chi connectivity index (χ1) is 9.51. The first-order valence-electron chi connectivity index (χ1n) is 6.67. The minimum Gasteiger partial charge on any atom is -0.313 e. The van der Waals surface area contributed by atoms with Crippen molar-refractivity contribution in [1.29, 1.82) is 0 Å². The molecule has 2 aromatic rings. The van der Waals surface area contributed by atoms with Gasteiger partial charge in [0.2, 0.25) is 0 Å². The summed E-state index contributed by atoms with van der Waals surface area (Å²) >= 11 is 9.76. The first kappa shape index (κ1) is 15.5. The molecule has 0 spiro atoms. The van der Waals surface area contributed by atoms with Crippen LogP contribution in [-0.4, -0.2) is 16.8 Å². The van der Waals surface area contributed by atoms with Crippen LogP contribution in [0, 0.1) is 0 Å². The van der Waals surface area contributed by atoms with Gasteiger partial charge < -0.3 is 5.32 Å². The van der Waals surface area contributed by atoms with E-state index >= 15 is 0 Å². The molecule has 1 N–H and O–H groups in total. The van der Waals surface area contributed by atoms with Crippen LogP contribution in [0.4, 0.5) is 0 Å². The summed E-state index contributed by atoms with van der Waals surface area (Å²) in [5.74, 6) is 0. The van der Waals surface area contributed by atoms with Crippen LogP contribution in [-0.2, 0) is 6.42 Å². The van der Waals surface area contributed by atoms with Crippen molar-refractivity contribution >= 4 is 27.5 Å². The Hall–Kier alpha value is -0.840. The maximum absolute atomic E-state index is 6.33. The molecule has 20 heavy (non-hydrogen) atoms. The Morgan fingerprint density at radius 2 is 2.10 bits per heavy atom. The van der Waals surface area contributed by atoms with E-state index in [4.69, 9.17) is 11.6 Å². The van der Waals surface area contributed by atoms with Crippen LogP contribution in [0.25, 0.3) is 0 Å². The van der Waals surface area contributed by atoms with Gasteiger partial charge in [-0.1, -0.05) is 33.6 Å². The van der Waals surface area contributed by atoms with Crippen molar-refractivity contribution in [3.8, 4) is 0 Å². The molecule has 3 nitrogen and oxygen atoms in total. The quantitative estimate of drug-likeness (QED) is 0.861. The Balaban J connectivity index is 2.19. The lowest BCUT2D eigenvalue weighted by atomic mass is 10.0. The largest absolute Gasteiger partial charge is 0.313 e. The summed E-state index contributed by atoms with van der Waals surface area (Å²) in [4.78, 5) is 0. The lowest BCUT2D eigenvalue weighted by Crippen LogP contribution is -2.19. The van der Waals surface area contributed by atoms with Crippen LogP contribution < -0.4 is 5.32 Å². The van der Waals surface area contributed by atoms with Crippen molar-refractivity contribution < 1.29 is 0 Å². The second-order valence-corrected chi connectivity index (χ2v) is 6.41. The molecule has 0 aliphatic heterocycles. The number of nitrogens with zero attached hydrogens (tertiary/aromatic N) is 2. The molecule has 0 fully saturated rings. The molecule has 1 heterocycles. The SMILES string of the molecule is CNC(Cc1ccn(C(C)C)n1)c1ccc(Br)cc1Cl. The van der Waals surface area contributed by atoms with Crippen LogP contribution in [0.5, 0.6) is 0 Å². The Labute approximate surface area is 133 Å². The Morgan fingerprint density at radius 1 is 1.35 bits per heavy atom. The normalized spacial score (nSPS) is 12.9. The number of hydrogen-bond donors (Lipinski definition) is 1. The minimum atomic E-state index is 0.158. The van der Waals surface area contributed by atoms with Gasteiger partial charge in [0, 0.05) is 34.2 Å². The summed E-state index contributed by atoms with van der Waals surface area (Å²) in [6, 6.07) is 8.59. The molecule has 1 aromatic heterocycles. The fourth-order valence-electron chi connectivity index (χ4n) is 2.13. The summed E-state index contributed by atoms with van der Waals surface area (Å²) in [5, 5.41) is 8.68. The van der Waals surface area contributed by atoms with E-state index in [0.717, 1.165) is 27.2 Å². The van der Waals surface area contributed by atoms with Crippen molar-refractivity contribution in [2.24, 2.45) is 0 Å². The van der Waals surface area contributed by atoms with Gasteiger partial charge in [0.25, 0.3) is 0 Å². The Morgan fingerprint density at radius 3 is 2.65 bits per heavy atom. The van der Waals surface area contributed by atoms with Crippen molar-refractivity contribution in [3.05, 3.63) is 51.2 Å². The number of benzene rings is 1. The zero-order valence-corrected chi connectivity index (χ0v) is 14.2. The molecule has 1 aromatic carbocycles. The van der Waals surface area contributed by atoms with Crippen molar-refractivity contribution in [3.63, 3.8) is 0 Å². The predicted octanol–water partition coefficient (Wildman–Crippen LogP) is 4.38. The van der Waals surface area contributed by atoms with Gasteiger partial charge in [-0.15, -0.1) is 0 Å². The second kappa shape index (κ2) is 6.74. The average molecular weight is 357 g/mol. The molecule has 1 unspecified atom stereocenters. The van der Waals surface area contributed by atoms with Crippen LogP contribution in [0.3, 0.4) is 0 Å². The van der Waals surface area contributed by atoms with Crippen LogP contribution in [0.1, 0.15) is 37.2 Å². The molecule has 0 aliphatic carbocycles. The van der Waals surface area contributed by atoms with Crippen molar-refractivity contribution in [2.75, 3.05) is 7.05 Å². The van der Waals surface area contributed by atoms with Gasteiger partial charge in [0.15, 0.2) is 0 Å². The number of aromatic nitrogens is 2. The molecule has 0 saturated carbocycles. The monoisotopic (exact) mass is 355 g/mol. The lowest BCUT2D eigenvalue weighted by molar-refractivity contribution is 0.515. The molecule has 0 radical (unpaired) electrons. The fraction of sp³-hybridized carbons (Fsp3) is 0.400. The van der Waals surface area contributed by atoms with Gasteiger partial charge in [-0.25, -0.2) is 0 Å². The van der Waals surface area contributed by atoms with Gasteiger partial charge in [0.05, 0.1) is 5.69 Å². The molecule has 0 bridgehead atoms. The van der Waals surface area contributed by atoms with Crippen molar-refractivity contribution in [2.45, 2.75) is 32.4 Å². The summed E-state index contributed by atoms with van der Waals surface area (Å²) in [5.41, 5.74) is 2.16. The third-order valence-corrected chi connectivity index (χ3v) is 4.11. The van der Waals surface area contributed by atoms with E-state index in [1.807, 2.05) is 36.1 Å². The van der Waals surface area contributed by atoms with Gasteiger partial charge in [0.1, 0.15) is 0 Å². The van der Waals surface area contributed by atoms with E-state index < -0.39 is 0 Å². The molecule has 0 amide bonds. The smallest absolute Gasteiger partial charge is 0.0643 e. The summed E-state index contributed by atoms with van der Waals surface area (Å²) < 4.78 is 2.97. The summed E-state index contributed by atoms with van der Waals surface area (Å²) in [7, 11) is 1.95. The third kappa shape index (κ3) is 3.62. The first-order valence-corrected chi connectivity index (χ1v) is 7.84. The van der Waals surface area contributed by atoms with E-state index in [1.54, 1.807) is 0 Å². The highest BCUT2D eigenvalue weighted by Gasteiger charge is 2.15. The molecule has 0 saturated heterocycles.